The fraction of sp³-hybridized carbons (Fsp3) is 0.200. The zero-order chi connectivity index (χ0) is 18.1. The maximum atomic E-state index is 5.47. The van der Waals surface area contributed by atoms with Crippen LogP contribution in [0.3, 0.4) is 0 Å². The maximum Gasteiger partial charge on any atom is 0.162 e. The van der Waals surface area contributed by atoms with E-state index in [4.69, 9.17) is 9.47 Å². The minimum Gasteiger partial charge on any atom is -0.493 e. The first-order valence-electron chi connectivity index (χ1n) is 8.23. The summed E-state index contributed by atoms with van der Waals surface area (Å²) in [6.07, 6.45) is 3.66. The highest BCUT2D eigenvalue weighted by atomic mass is 79.9. The summed E-state index contributed by atoms with van der Waals surface area (Å²) in [7, 11) is 3.27. The summed E-state index contributed by atoms with van der Waals surface area (Å²) >= 11 is 3.48. The van der Waals surface area contributed by atoms with Crippen LogP contribution in [-0.4, -0.2) is 28.8 Å². The number of benzene rings is 2. The molecule has 0 unspecified atom stereocenters. The predicted octanol–water partition coefficient (Wildman–Crippen LogP) is 4.54. The lowest BCUT2D eigenvalue weighted by atomic mass is 10.1. The normalized spacial score (nSPS) is 11.2. The van der Waals surface area contributed by atoms with Gasteiger partial charge in [-0.25, -0.2) is 4.98 Å². The highest BCUT2D eigenvalue weighted by molar-refractivity contribution is 9.08. The zero-order valence-electron chi connectivity index (χ0n) is 14.6. The first-order chi connectivity index (χ1) is 12.7. The number of imidazole rings is 1. The average Bonchev–Trinajstić information content (AvgIpc) is 3.10. The van der Waals surface area contributed by atoms with E-state index in [-0.39, 0.29) is 0 Å². The van der Waals surface area contributed by atoms with Crippen molar-refractivity contribution in [1.29, 1.82) is 0 Å². The standard InChI is InChI=1S/C20H18BrN3O2/c1-25-18-7-15-16(8-19(18)26-2)22-10-17-20(15)24(12-23-17)11-14-5-3-13(9-21)4-6-14/h3-8,10,12H,9,11H2,1-2H3. The molecule has 4 aromatic rings. The molecule has 0 spiro atoms. The number of nitrogens with zero attached hydrogens (tertiary/aromatic N) is 3. The molecule has 132 valence electrons. The first-order valence-corrected chi connectivity index (χ1v) is 9.35. The van der Waals surface area contributed by atoms with Crippen LogP contribution in [0.25, 0.3) is 21.9 Å². The predicted molar refractivity (Wildman–Crippen MR) is 106 cm³/mol. The van der Waals surface area contributed by atoms with Gasteiger partial charge in [-0.3, -0.25) is 4.98 Å². The molecule has 2 aromatic heterocycles. The van der Waals surface area contributed by atoms with Gasteiger partial charge in [0.1, 0.15) is 5.52 Å². The van der Waals surface area contributed by atoms with Crippen molar-refractivity contribution in [1.82, 2.24) is 14.5 Å². The number of aromatic nitrogens is 3. The summed E-state index contributed by atoms with van der Waals surface area (Å²) in [5.41, 5.74) is 5.24. The molecule has 0 aliphatic carbocycles. The molecule has 0 aliphatic rings. The second kappa shape index (κ2) is 6.96. The molecular formula is C20H18BrN3O2. The summed E-state index contributed by atoms with van der Waals surface area (Å²) in [6, 6.07) is 12.4. The van der Waals surface area contributed by atoms with E-state index in [1.54, 1.807) is 20.4 Å². The van der Waals surface area contributed by atoms with Gasteiger partial charge in [-0.1, -0.05) is 40.2 Å². The number of halogens is 1. The average molecular weight is 412 g/mol. The van der Waals surface area contributed by atoms with Crippen LogP contribution in [0, 0.1) is 0 Å². The van der Waals surface area contributed by atoms with Crippen LogP contribution in [0.1, 0.15) is 11.1 Å². The quantitative estimate of drug-likeness (QED) is 0.452. The smallest absolute Gasteiger partial charge is 0.162 e. The summed E-state index contributed by atoms with van der Waals surface area (Å²) in [6.45, 7) is 0.743. The number of hydrogen-bond donors (Lipinski definition) is 0. The molecular weight excluding hydrogens is 394 g/mol. The zero-order valence-corrected chi connectivity index (χ0v) is 16.2. The number of pyridine rings is 1. The Labute approximate surface area is 159 Å². The molecule has 0 N–H and O–H groups in total. The Balaban J connectivity index is 1.85. The molecule has 2 heterocycles. The van der Waals surface area contributed by atoms with Crippen LogP contribution in [0.4, 0.5) is 0 Å². The third kappa shape index (κ3) is 2.90. The Morgan fingerprint density at radius 3 is 2.31 bits per heavy atom. The highest BCUT2D eigenvalue weighted by Crippen LogP contribution is 2.34. The van der Waals surface area contributed by atoms with Gasteiger partial charge in [0.25, 0.3) is 0 Å². The molecule has 2 aromatic carbocycles. The summed E-state index contributed by atoms with van der Waals surface area (Å²) < 4.78 is 13.0. The number of methoxy groups -OCH3 is 2. The first kappa shape index (κ1) is 16.8. The van der Waals surface area contributed by atoms with Crippen LogP contribution in [-0.2, 0) is 11.9 Å². The van der Waals surface area contributed by atoms with E-state index in [2.05, 4.69) is 54.7 Å². The molecule has 0 atom stereocenters. The molecule has 0 bridgehead atoms. The molecule has 4 rings (SSSR count). The van der Waals surface area contributed by atoms with Gasteiger partial charge >= 0.3 is 0 Å². The van der Waals surface area contributed by atoms with Crippen molar-refractivity contribution in [3.63, 3.8) is 0 Å². The minimum absolute atomic E-state index is 0.670. The van der Waals surface area contributed by atoms with Gasteiger partial charge in [0.05, 0.1) is 37.8 Å². The van der Waals surface area contributed by atoms with Crippen LogP contribution in [0.5, 0.6) is 11.5 Å². The molecule has 6 heteroatoms. The van der Waals surface area contributed by atoms with Crippen molar-refractivity contribution in [3.8, 4) is 11.5 Å². The van der Waals surface area contributed by atoms with E-state index in [1.807, 2.05) is 18.5 Å². The largest absolute Gasteiger partial charge is 0.493 e. The SMILES string of the molecule is COc1cc2ncc3ncn(Cc4ccc(CBr)cc4)c3c2cc1OC. The highest BCUT2D eigenvalue weighted by Gasteiger charge is 2.13. The number of fused-ring (bicyclic) bond motifs is 3. The van der Waals surface area contributed by atoms with Crippen molar-refractivity contribution in [2.45, 2.75) is 11.9 Å². The Morgan fingerprint density at radius 1 is 0.923 bits per heavy atom. The topological polar surface area (TPSA) is 49.2 Å². The lowest BCUT2D eigenvalue weighted by Gasteiger charge is -2.11. The molecule has 0 saturated heterocycles. The third-order valence-electron chi connectivity index (χ3n) is 4.48. The van der Waals surface area contributed by atoms with Crippen LogP contribution in [0.2, 0.25) is 0 Å². The minimum atomic E-state index is 0.670. The van der Waals surface area contributed by atoms with Crippen LogP contribution in [0.15, 0.2) is 48.9 Å². The molecule has 26 heavy (non-hydrogen) atoms. The van der Waals surface area contributed by atoms with E-state index in [0.29, 0.717) is 11.5 Å². The van der Waals surface area contributed by atoms with E-state index < -0.39 is 0 Å². The molecule has 0 saturated carbocycles. The van der Waals surface area contributed by atoms with Gasteiger partial charge < -0.3 is 14.0 Å². The summed E-state index contributed by atoms with van der Waals surface area (Å²) in [5, 5.41) is 1.86. The Hall–Kier alpha value is -2.60. The van der Waals surface area contributed by atoms with Crippen LogP contribution >= 0.6 is 15.9 Å². The van der Waals surface area contributed by atoms with Gasteiger partial charge in [0.15, 0.2) is 11.5 Å². The van der Waals surface area contributed by atoms with Gasteiger partial charge in [-0.05, 0) is 17.2 Å². The Morgan fingerprint density at radius 2 is 1.62 bits per heavy atom. The Kier molecular flexibility index (Phi) is 4.51. The second-order valence-corrected chi connectivity index (χ2v) is 6.60. The van der Waals surface area contributed by atoms with Crippen molar-refractivity contribution < 1.29 is 9.47 Å². The maximum absolute atomic E-state index is 5.47. The van der Waals surface area contributed by atoms with Gasteiger partial charge in [-0.2, -0.15) is 0 Å². The molecule has 0 radical (unpaired) electrons. The number of ether oxygens (including phenoxy) is 2. The number of alkyl halides is 1. The fourth-order valence-corrected chi connectivity index (χ4v) is 3.50. The number of rotatable bonds is 5. The molecule has 0 amide bonds. The van der Waals surface area contributed by atoms with Crippen molar-refractivity contribution >= 4 is 37.9 Å². The van der Waals surface area contributed by atoms with Gasteiger partial charge in [-0.15, -0.1) is 0 Å². The lowest BCUT2D eigenvalue weighted by molar-refractivity contribution is 0.356. The summed E-state index contributed by atoms with van der Waals surface area (Å²) in [4.78, 5) is 9.04. The monoisotopic (exact) mass is 411 g/mol. The molecule has 5 nitrogen and oxygen atoms in total. The van der Waals surface area contributed by atoms with E-state index in [9.17, 15) is 0 Å². The summed E-state index contributed by atoms with van der Waals surface area (Å²) in [5.74, 6) is 1.35. The molecule has 0 aliphatic heterocycles. The third-order valence-corrected chi connectivity index (χ3v) is 5.13. The van der Waals surface area contributed by atoms with Gasteiger partial charge in [0.2, 0.25) is 0 Å². The molecule has 0 fully saturated rings. The number of hydrogen-bond acceptors (Lipinski definition) is 4. The lowest BCUT2D eigenvalue weighted by Crippen LogP contribution is -1.99. The second-order valence-electron chi connectivity index (χ2n) is 6.04. The van der Waals surface area contributed by atoms with Crippen molar-refractivity contribution in [2.75, 3.05) is 14.2 Å². The Bertz CT molecular complexity index is 1070. The fourth-order valence-electron chi connectivity index (χ4n) is 3.13. The van der Waals surface area contributed by atoms with E-state index >= 15 is 0 Å². The van der Waals surface area contributed by atoms with E-state index in [0.717, 1.165) is 33.8 Å². The van der Waals surface area contributed by atoms with Crippen molar-refractivity contribution in [2.24, 2.45) is 0 Å². The van der Waals surface area contributed by atoms with Gasteiger partial charge in [0, 0.05) is 23.3 Å². The van der Waals surface area contributed by atoms with E-state index in [1.165, 1.54) is 11.1 Å². The van der Waals surface area contributed by atoms with Crippen molar-refractivity contribution in [3.05, 3.63) is 60.0 Å². The van der Waals surface area contributed by atoms with Crippen LogP contribution < -0.4 is 9.47 Å².